The zero-order chi connectivity index (χ0) is 27.6. The summed E-state index contributed by atoms with van der Waals surface area (Å²) in [7, 11) is 1.55. The fraction of sp³-hybridized carbons (Fsp3) is 0.312. The first-order valence-corrected chi connectivity index (χ1v) is 13.5. The number of halogens is 1. The molecule has 39 heavy (non-hydrogen) atoms. The van der Waals surface area contributed by atoms with E-state index < -0.39 is 0 Å². The van der Waals surface area contributed by atoms with E-state index in [0.717, 1.165) is 42.4 Å². The van der Waals surface area contributed by atoms with Crippen molar-refractivity contribution in [3.05, 3.63) is 83.2 Å². The molecule has 0 spiro atoms. The minimum atomic E-state index is -0.379. The van der Waals surface area contributed by atoms with Gasteiger partial charge in [-0.1, -0.05) is 19.1 Å². The van der Waals surface area contributed by atoms with E-state index in [1.165, 1.54) is 12.1 Å². The molecule has 0 unspecified atom stereocenters. The third kappa shape index (κ3) is 5.19. The number of carbonyl (C=O) groups is 2. The zero-order valence-corrected chi connectivity index (χ0v) is 22.3. The van der Waals surface area contributed by atoms with E-state index in [2.05, 4.69) is 17.6 Å². The molecular formula is C32H33FN2O4. The standard InChI is InChI=1S/C32H33FN2O4/c1-3-32(14-6-15-32)35-30(37)23-8-4-7-21(17-23)25-19-26-27(18-22(25)9-5-16-36)39-29(28(26)31(38)34-2)20-10-12-24(33)13-11-20/h4,7-8,10-13,17-19,36H,3,5-6,9,14-16H2,1-2H3,(H,34,38)(H,35,37). The number of aliphatic hydroxyl groups is 1. The van der Waals surface area contributed by atoms with Gasteiger partial charge in [0.25, 0.3) is 11.8 Å². The predicted octanol–water partition coefficient (Wildman–Crippen LogP) is 6.25. The maximum absolute atomic E-state index is 13.6. The third-order valence-electron chi connectivity index (χ3n) is 7.88. The Bertz CT molecular complexity index is 1510. The number of carbonyl (C=O) groups excluding carboxylic acids is 2. The molecule has 2 amide bonds. The Balaban J connectivity index is 1.63. The Morgan fingerprint density at radius 1 is 1.03 bits per heavy atom. The molecule has 202 valence electrons. The summed E-state index contributed by atoms with van der Waals surface area (Å²) in [6.07, 6.45) is 5.15. The van der Waals surface area contributed by atoms with Gasteiger partial charge < -0.3 is 20.2 Å². The normalized spacial score (nSPS) is 14.2. The number of hydrogen-bond donors (Lipinski definition) is 3. The van der Waals surface area contributed by atoms with Crippen molar-refractivity contribution >= 4 is 22.8 Å². The second-order valence-electron chi connectivity index (χ2n) is 10.2. The van der Waals surface area contributed by atoms with Crippen molar-refractivity contribution in [2.45, 2.75) is 51.0 Å². The average molecular weight is 529 g/mol. The van der Waals surface area contributed by atoms with Gasteiger partial charge in [-0.05, 0) is 104 Å². The van der Waals surface area contributed by atoms with Gasteiger partial charge >= 0.3 is 0 Å². The van der Waals surface area contributed by atoms with Crippen LogP contribution in [0.25, 0.3) is 33.4 Å². The first-order chi connectivity index (χ1) is 18.9. The fourth-order valence-corrected chi connectivity index (χ4v) is 5.40. The highest BCUT2D eigenvalue weighted by Crippen LogP contribution is 2.39. The van der Waals surface area contributed by atoms with E-state index in [1.54, 1.807) is 19.2 Å². The van der Waals surface area contributed by atoms with Crippen molar-refractivity contribution < 1.29 is 23.5 Å². The molecule has 0 radical (unpaired) electrons. The number of amides is 2. The molecular weight excluding hydrogens is 495 g/mol. The quantitative estimate of drug-likeness (QED) is 0.239. The molecule has 3 N–H and O–H groups in total. The highest BCUT2D eigenvalue weighted by molar-refractivity contribution is 6.12. The van der Waals surface area contributed by atoms with Crippen LogP contribution in [0.15, 0.2) is 65.1 Å². The van der Waals surface area contributed by atoms with Crippen LogP contribution < -0.4 is 10.6 Å². The van der Waals surface area contributed by atoms with Crippen LogP contribution in [0, 0.1) is 5.82 Å². The summed E-state index contributed by atoms with van der Waals surface area (Å²) >= 11 is 0. The van der Waals surface area contributed by atoms with E-state index in [-0.39, 0.29) is 29.8 Å². The van der Waals surface area contributed by atoms with Gasteiger partial charge in [-0.25, -0.2) is 4.39 Å². The zero-order valence-electron chi connectivity index (χ0n) is 22.3. The molecule has 0 aliphatic heterocycles. The number of rotatable bonds is 9. The van der Waals surface area contributed by atoms with Crippen molar-refractivity contribution in [1.82, 2.24) is 10.6 Å². The van der Waals surface area contributed by atoms with Gasteiger partial charge in [0, 0.05) is 35.7 Å². The molecule has 3 aromatic carbocycles. The number of hydrogen-bond acceptors (Lipinski definition) is 4. The smallest absolute Gasteiger partial charge is 0.255 e. The summed E-state index contributed by atoms with van der Waals surface area (Å²) in [5.74, 6) is -0.436. The van der Waals surface area contributed by atoms with Crippen LogP contribution in [0.3, 0.4) is 0 Å². The summed E-state index contributed by atoms with van der Waals surface area (Å²) in [5, 5.41) is 16.1. The Morgan fingerprint density at radius 3 is 2.44 bits per heavy atom. The van der Waals surface area contributed by atoms with Gasteiger partial charge in [-0.3, -0.25) is 9.59 Å². The number of aryl methyl sites for hydroxylation is 1. The van der Waals surface area contributed by atoms with Gasteiger partial charge in [-0.15, -0.1) is 0 Å². The van der Waals surface area contributed by atoms with Crippen molar-refractivity contribution in [3.63, 3.8) is 0 Å². The largest absolute Gasteiger partial charge is 0.455 e. The highest BCUT2D eigenvalue weighted by Gasteiger charge is 2.36. The molecule has 5 rings (SSSR count). The number of benzene rings is 3. The molecule has 1 aromatic heterocycles. The van der Waals surface area contributed by atoms with Crippen molar-refractivity contribution in [2.75, 3.05) is 13.7 Å². The van der Waals surface area contributed by atoms with Gasteiger partial charge in [-0.2, -0.15) is 0 Å². The second-order valence-corrected chi connectivity index (χ2v) is 10.2. The summed E-state index contributed by atoms with van der Waals surface area (Å²) < 4.78 is 19.8. The lowest BCUT2D eigenvalue weighted by atomic mass is 9.74. The Morgan fingerprint density at radius 2 is 1.79 bits per heavy atom. The molecule has 1 heterocycles. The minimum Gasteiger partial charge on any atom is -0.455 e. The highest BCUT2D eigenvalue weighted by atomic mass is 19.1. The van der Waals surface area contributed by atoms with Crippen molar-refractivity contribution in [2.24, 2.45) is 0 Å². The molecule has 1 aliphatic rings. The maximum atomic E-state index is 13.6. The average Bonchev–Trinajstić information content (AvgIpc) is 3.31. The maximum Gasteiger partial charge on any atom is 0.255 e. The molecule has 7 heteroatoms. The molecule has 0 saturated heterocycles. The molecule has 0 atom stereocenters. The molecule has 0 bridgehead atoms. The summed E-state index contributed by atoms with van der Waals surface area (Å²) in [6, 6.07) is 17.1. The van der Waals surface area contributed by atoms with Crippen LogP contribution in [0.5, 0.6) is 0 Å². The van der Waals surface area contributed by atoms with Crippen LogP contribution in [-0.4, -0.2) is 36.1 Å². The topological polar surface area (TPSA) is 91.6 Å². The summed E-state index contributed by atoms with van der Waals surface area (Å²) in [5.41, 5.74) is 4.55. The number of furan rings is 1. The monoisotopic (exact) mass is 528 g/mol. The van der Waals surface area contributed by atoms with E-state index in [1.807, 2.05) is 36.4 Å². The number of fused-ring (bicyclic) bond motifs is 1. The van der Waals surface area contributed by atoms with E-state index in [9.17, 15) is 19.1 Å². The lowest BCUT2D eigenvalue weighted by Crippen LogP contribution is -2.52. The Kier molecular flexibility index (Phi) is 7.53. The SMILES string of the molecule is CCC1(NC(=O)c2cccc(-c3cc4c(C(=O)NC)c(-c5ccc(F)cc5)oc4cc3CCCO)c2)CCC1. The first-order valence-electron chi connectivity index (χ1n) is 13.5. The van der Waals surface area contributed by atoms with Crippen LogP contribution >= 0.6 is 0 Å². The number of aliphatic hydroxyl groups excluding tert-OH is 1. The van der Waals surface area contributed by atoms with Crippen LogP contribution in [0.1, 0.15) is 65.3 Å². The summed E-state index contributed by atoms with van der Waals surface area (Å²) in [6.45, 7) is 2.13. The molecule has 1 saturated carbocycles. The first kappa shape index (κ1) is 26.6. The predicted molar refractivity (Wildman–Crippen MR) is 150 cm³/mol. The molecule has 4 aromatic rings. The lowest BCUT2D eigenvalue weighted by molar-refractivity contribution is 0.0820. The van der Waals surface area contributed by atoms with Crippen molar-refractivity contribution in [1.29, 1.82) is 0 Å². The Labute approximate surface area is 227 Å². The summed E-state index contributed by atoms with van der Waals surface area (Å²) in [4.78, 5) is 26.3. The van der Waals surface area contributed by atoms with E-state index in [0.29, 0.717) is 46.3 Å². The number of nitrogens with one attached hydrogen (secondary N) is 2. The van der Waals surface area contributed by atoms with E-state index in [4.69, 9.17) is 4.42 Å². The van der Waals surface area contributed by atoms with Crippen LogP contribution in [0.2, 0.25) is 0 Å². The van der Waals surface area contributed by atoms with Crippen LogP contribution in [0.4, 0.5) is 4.39 Å². The third-order valence-corrected chi connectivity index (χ3v) is 7.88. The fourth-order valence-electron chi connectivity index (χ4n) is 5.40. The van der Waals surface area contributed by atoms with Gasteiger partial charge in [0.1, 0.15) is 17.2 Å². The molecule has 1 aliphatic carbocycles. The lowest BCUT2D eigenvalue weighted by Gasteiger charge is -2.42. The van der Waals surface area contributed by atoms with Gasteiger partial charge in [0.2, 0.25) is 0 Å². The van der Waals surface area contributed by atoms with Gasteiger partial charge in [0.05, 0.1) is 5.56 Å². The molecule has 1 fully saturated rings. The van der Waals surface area contributed by atoms with Crippen LogP contribution in [-0.2, 0) is 6.42 Å². The minimum absolute atomic E-state index is 0.0293. The van der Waals surface area contributed by atoms with Gasteiger partial charge in [0.15, 0.2) is 0 Å². The Hall–Kier alpha value is -3.97. The van der Waals surface area contributed by atoms with Crippen molar-refractivity contribution in [3.8, 4) is 22.5 Å². The second kappa shape index (κ2) is 11.0. The molecule has 6 nitrogen and oxygen atoms in total. The van der Waals surface area contributed by atoms with E-state index >= 15 is 0 Å².